The first-order valence-electron chi connectivity index (χ1n) is 7.05. The van der Waals surface area contributed by atoms with E-state index in [4.69, 9.17) is 11.1 Å². The molecule has 4 nitrogen and oxygen atoms in total. The van der Waals surface area contributed by atoms with E-state index in [1.807, 2.05) is 45.9 Å². The van der Waals surface area contributed by atoms with Crippen molar-refractivity contribution in [2.75, 3.05) is 11.1 Å². The summed E-state index contributed by atoms with van der Waals surface area (Å²) in [5, 5.41) is 10.9. The third kappa shape index (κ3) is 5.65. The highest BCUT2D eigenvalue weighted by Crippen LogP contribution is 2.21. The van der Waals surface area contributed by atoms with Crippen LogP contribution in [0.5, 0.6) is 0 Å². The minimum Gasteiger partial charge on any atom is -0.398 e. The molecule has 0 aliphatic rings. The molecule has 0 aliphatic carbocycles. The van der Waals surface area contributed by atoms with Gasteiger partial charge in [-0.15, -0.1) is 0 Å². The Bertz CT molecular complexity index is 557. The third-order valence-electron chi connectivity index (χ3n) is 2.59. The topological polar surface area (TPSA) is 79.0 Å². The average Bonchev–Trinajstić information content (AvgIpc) is 2.47. The van der Waals surface area contributed by atoms with Gasteiger partial charge in [-0.25, -0.2) is 0 Å². The Kier molecular flexibility index (Phi) is 8.46. The van der Waals surface area contributed by atoms with Crippen LogP contribution in [0.4, 0.5) is 11.4 Å². The number of allylic oxidation sites excluding steroid dienone is 4. The van der Waals surface area contributed by atoms with Crippen LogP contribution in [-0.4, -0.2) is 11.6 Å². The number of hydrogen-bond acceptors (Lipinski definition) is 3. The second-order valence-corrected chi connectivity index (χ2v) is 4.10. The Hall–Kier alpha value is -2.36. The monoisotopic (exact) mass is 287 g/mol. The number of benzene rings is 1. The van der Waals surface area contributed by atoms with Crippen LogP contribution in [-0.2, 0) is 4.79 Å². The van der Waals surface area contributed by atoms with Crippen LogP contribution in [0.3, 0.4) is 0 Å². The van der Waals surface area contributed by atoms with Crippen molar-refractivity contribution in [3.8, 4) is 0 Å². The molecule has 0 radical (unpaired) electrons. The van der Waals surface area contributed by atoms with Crippen molar-refractivity contribution in [3.05, 3.63) is 47.6 Å². The Labute approximate surface area is 127 Å². The van der Waals surface area contributed by atoms with Gasteiger partial charge in [-0.2, -0.15) is 0 Å². The predicted molar refractivity (Wildman–Crippen MR) is 91.9 cm³/mol. The molecule has 1 amide bonds. The first kappa shape index (κ1) is 18.6. The minimum atomic E-state index is -0.151. The van der Waals surface area contributed by atoms with Crippen LogP contribution in [0.15, 0.2) is 42.0 Å². The van der Waals surface area contributed by atoms with E-state index in [2.05, 4.69) is 5.32 Å². The molecule has 0 fully saturated rings. The Balaban J connectivity index is 0.00000191. The molecule has 1 rings (SSSR count). The molecule has 4 heteroatoms. The zero-order valence-electron chi connectivity index (χ0n) is 13.4. The van der Waals surface area contributed by atoms with E-state index in [0.717, 1.165) is 5.57 Å². The fourth-order valence-corrected chi connectivity index (χ4v) is 1.71. The van der Waals surface area contributed by atoms with Crippen molar-refractivity contribution in [1.29, 1.82) is 5.41 Å². The number of anilines is 2. The number of rotatable bonds is 4. The van der Waals surface area contributed by atoms with Crippen molar-refractivity contribution < 1.29 is 4.79 Å². The normalized spacial score (nSPS) is 10.8. The van der Waals surface area contributed by atoms with Gasteiger partial charge in [0, 0.05) is 23.9 Å². The van der Waals surface area contributed by atoms with Crippen LogP contribution < -0.4 is 11.1 Å². The molecule has 0 saturated carbocycles. The predicted octanol–water partition coefficient (Wildman–Crippen LogP) is 4.14. The smallest absolute Gasteiger partial charge is 0.221 e. The van der Waals surface area contributed by atoms with Gasteiger partial charge in [0.2, 0.25) is 5.91 Å². The average molecular weight is 287 g/mol. The van der Waals surface area contributed by atoms with Crippen LogP contribution >= 0.6 is 0 Å². The highest BCUT2D eigenvalue weighted by Gasteiger charge is 2.10. The molecule has 0 saturated heterocycles. The maximum absolute atomic E-state index is 11.1. The van der Waals surface area contributed by atoms with Crippen molar-refractivity contribution in [3.63, 3.8) is 0 Å². The number of nitrogens with two attached hydrogens (primary N) is 1. The van der Waals surface area contributed by atoms with Crippen LogP contribution in [0.2, 0.25) is 0 Å². The van der Waals surface area contributed by atoms with Crippen LogP contribution in [0, 0.1) is 5.41 Å². The number of amides is 1. The summed E-state index contributed by atoms with van der Waals surface area (Å²) in [7, 11) is 0. The lowest BCUT2D eigenvalue weighted by atomic mass is 9.99. The van der Waals surface area contributed by atoms with Gasteiger partial charge in [0.1, 0.15) is 0 Å². The number of carbonyl (C=O) groups excluding carboxylic acids is 1. The standard InChI is InChI=1S/C15H19N3O.C2H6/c1-4-6-11(5-2)15(17)13-9-12(18-10(3)19)7-8-14(13)16;1-2/h4-9,17H,16H2,1-3H3,(H,18,19);1-2H3/b6-4-,11-5+,17-15?;. The third-order valence-corrected chi connectivity index (χ3v) is 2.59. The van der Waals surface area contributed by atoms with Gasteiger partial charge in [-0.3, -0.25) is 10.2 Å². The number of hydrogen-bond donors (Lipinski definition) is 3. The molecule has 1 aromatic rings. The Morgan fingerprint density at radius 1 is 1.29 bits per heavy atom. The molecule has 1 aromatic carbocycles. The molecule has 21 heavy (non-hydrogen) atoms. The van der Waals surface area contributed by atoms with E-state index in [-0.39, 0.29) is 5.91 Å². The minimum absolute atomic E-state index is 0.151. The SMILES string of the molecule is C/C=C\C(=C/C)C(=N)c1cc(NC(C)=O)ccc1N.CC. The van der Waals surface area contributed by atoms with E-state index in [1.54, 1.807) is 18.2 Å². The Morgan fingerprint density at radius 2 is 1.90 bits per heavy atom. The van der Waals surface area contributed by atoms with Crippen molar-refractivity contribution >= 4 is 23.0 Å². The van der Waals surface area contributed by atoms with E-state index >= 15 is 0 Å². The fraction of sp³-hybridized carbons (Fsp3) is 0.294. The molecule has 0 aliphatic heterocycles. The van der Waals surface area contributed by atoms with Gasteiger partial charge < -0.3 is 11.1 Å². The summed E-state index contributed by atoms with van der Waals surface area (Å²) in [5.41, 5.74) is 8.79. The maximum atomic E-state index is 11.1. The van der Waals surface area contributed by atoms with Crippen molar-refractivity contribution in [1.82, 2.24) is 0 Å². The highest BCUT2D eigenvalue weighted by molar-refractivity contribution is 6.15. The maximum Gasteiger partial charge on any atom is 0.221 e. The lowest BCUT2D eigenvalue weighted by molar-refractivity contribution is -0.114. The summed E-state index contributed by atoms with van der Waals surface area (Å²) in [6, 6.07) is 5.13. The van der Waals surface area contributed by atoms with Gasteiger partial charge >= 0.3 is 0 Å². The summed E-state index contributed by atoms with van der Waals surface area (Å²) in [5.74, 6) is -0.151. The lowest BCUT2D eigenvalue weighted by Gasteiger charge is -2.11. The van der Waals surface area contributed by atoms with Gasteiger partial charge in [-0.05, 0) is 37.6 Å². The molecule has 114 valence electrons. The Morgan fingerprint density at radius 3 is 2.38 bits per heavy atom. The fourth-order valence-electron chi connectivity index (χ4n) is 1.71. The van der Waals surface area contributed by atoms with Crippen LogP contribution in [0.25, 0.3) is 0 Å². The zero-order valence-corrected chi connectivity index (χ0v) is 13.4. The van der Waals surface area contributed by atoms with E-state index < -0.39 is 0 Å². The van der Waals surface area contributed by atoms with E-state index in [9.17, 15) is 4.79 Å². The molecule has 4 N–H and O–H groups in total. The van der Waals surface area contributed by atoms with E-state index in [1.165, 1.54) is 6.92 Å². The summed E-state index contributed by atoms with van der Waals surface area (Å²) >= 11 is 0. The molecule has 0 spiro atoms. The first-order chi connectivity index (χ1) is 9.99. The summed E-state index contributed by atoms with van der Waals surface area (Å²) < 4.78 is 0. The largest absolute Gasteiger partial charge is 0.398 e. The molecular weight excluding hydrogens is 262 g/mol. The van der Waals surface area contributed by atoms with Crippen molar-refractivity contribution in [2.24, 2.45) is 0 Å². The molecule has 0 aromatic heterocycles. The molecule has 0 unspecified atom stereocenters. The second kappa shape index (κ2) is 9.53. The van der Waals surface area contributed by atoms with Gasteiger partial charge in [0.15, 0.2) is 0 Å². The first-order valence-corrected chi connectivity index (χ1v) is 7.05. The molecule has 0 bridgehead atoms. The van der Waals surface area contributed by atoms with Gasteiger partial charge in [0.05, 0.1) is 5.71 Å². The van der Waals surface area contributed by atoms with Crippen molar-refractivity contribution in [2.45, 2.75) is 34.6 Å². The summed E-state index contributed by atoms with van der Waals surface area (Å²) in [4.78, 5) is 11.1. The molecule has 0 atom stereocenters. The number of nitrogens with one attached hydrogen (secondary N) is 2. The van der Waals surface area contributed by atoms with Gasteiger partial charge in [-0.1, -0.05) is 32.1 Å². The van der Waals surface area contributed by atoms with Gasteiger partial charge in [0.25, 0.3) is 0 Å². The number of carbonyl (C=O) groups is 1. The number of nitrogen functional groups attached to an aromatic ring is 1. The molecule has 0 heterocycles. The zero-order chi connectivity index (χ0) is 16.4. The highest BCUT2D eigenvalue weighted by atomic mass is 16.1. The summed E-state index contributed by atoms with van der Waals surface area (Å²) in [6.07, 6.45) is 5.58. The van der Waals surface area contributed by atoms with Crippen LogP contribution in [0.1, 0.15) is 40.2 Å². The second-order valence-electron chi connectivity index (χ2n) is 4.10. The summed E-state index contributed by atoms with van der Waals surface area (Å²) in [6.45, 7) is 9.21. The van der Waals surface area contributed by atoms with E-state index in [0.29, 0.717) is 22.6 Å². The quantitative estimate of drug-likeness (QED) is 0.442. The lowest BCUT2D eigenvalue weighted by Crippen LogP contribution is -2.10. The molecular formula is C17H25N3O.